The van der Waals surface area contributed by atoms with Gasteiger partial charge in [0.25, 0.3) is 5.91 Å². The summed E-state index contributed by atoms with van der Waals surface area (Å²) in [5.41, 5.74) is 4.93. The highest BCUT2D eigenvalue weighted by Crippen LogP contribution is 2.18. The van der Waals surface area contributed by atoms with E-state index in [1.165, 1.54) is 12.1 Å². The van der Waals surface area contributed by atoms with Crippen molar-refractivity contribution < 1.29 is 17.6 Å². The molecule has 1 N–H and O–H groups in total. The Morgan fingerprint density at radius 3 is 2.22 bits per heavy atom. The third-order valence-electron chi connectivity index (χ3n) is 3.93. The highest BCUT2D eigenvalue weighted by atomic mass is 32.2. The maximum Gasteiger partial charge on any atom is 0.260 e. The molecule has 0 aliphatic rings. The van der Waals surface area contributed by atoms with Crippen LogP contribution in [0.5, 0.6) is 0 Å². The van der Waals surface area contributed by atoms with E-state index in [-0.39, 0.29) is 5.82 Å². The van der Waals surface area contributed by atoms with E-state index in [0.717, 1.165) is 22.5 Å². The van der Waals surface area contributed by atoms with Crippen molar-refractivity contribution >= 4 is 27.3 Å². The summed E-state index contributed by atoms with van der Waals surface area (Å²) in [7, 11) is -3.65. The summed E-state index contributed by atoms with van der Waals surface area (Å²) in [6, 6.07) is 12.6. The molecular formula is C19H22FN3O3S. The summed E-state index contributed by atoms with van der Waals surface area (Å²) in [4.78, 5) is 12.2. The lowest BCUT2D eigenvalue weighted by Crippen LogP contribution is -2.39. The fourth-order valence-electron chi connectivity index (χ4n) is 2.37. The standard InChI is InChI=1S/C19H22FN3O3S/c1-4-15-5-11-18(12-6-15)23(27(3,25)26)13-19(24)22-21-14(2)16-7-9-17(20)10-8-16/h5-12H,4,13H2,1-3H3,(H,22,24)/b21-14-. The third kappa shape index (κ3) is 5.89. The van der Waals surface area contributed by atoms with Crippen molar-refractivity contribution in [3.05, 3.63) is 65.5 Å². The van der Waals surface area contributed by atoms with Crippen LogP contribution in [0.15, 0.2) is 53.6 Å². The molecule has 0 saturated carbocycles. The lowest BCUT2D eigenvalue weighted by molar-refractivity contribution is -0.119. The SMILES string of the molecule is CCc1ccc(N(CC(=O)N/N=C(/C)c2ccc(F)cc2)S(C)(=O)=O)cc1. The number of hydrogen-bond donors (Lipinski definition) is 1. The van der Waals surface area contributed by atoms with E-state index in [2.05, 4.69) is 10.5 Å². The first-order valence-electron chi connectivity index (χ1n) is 8.36. The summed E-state index contributed by atoms with van der Waals surface area (Å²) in [6.07, 6.45) is 1.87. The van der Waals surface area contributed by atoms with Crippen LogP contribution >= 0.6 is 0 Å². The number of aryl methyl sites for hydroxylation is 1. The van der Waals surface area contributed by atoms with Crippen LogP contribution in [-0.4, -0.2) is 32.8 Å². The topological polar surface area (TPSA) is 78.8 Å². The minimum absolute atomic E-state index is 0.367. The Balaban J connectivity index is 2.11. The van der Waals surface area contributed by atoms with Gasteiger partial charge in [-0.2, -0.15) is 5.10 Å². The molecule has 0 radical (unpaired) electrons. The van der Waals surface area contributed by atoms with Crippen LogP contribution in [0.3, 0.4) is 0 Å². The second kappa shape index (κ2) is 8.77. The van der Waals surface area contributed by atoms with Crippen molar-refractivity contribution in [1.82, 2.24) is 5.43 Å². The van der Waals surface area contributed by atoms with Crippen molar-refractivity contribution in [3.63, 3.8) is 0 Å². The summed E-state index contributed by atoms with van der Waals surface area (Å²) in [6.45, 7) is 3.26. The molecule has 0 saturated heterocycles. The molecule has 0 bridgehead atoms. The van der Waals surface area contributed by atoms with Gasteiger partial charge in [0.2, 0.25) is 10.0 Å². The van der Waals surface area contributed by atoms with E-state index in [4.69, 9.17) is 0 Å². The molecule has 0 aliphatic heterocycles. The van der Waals surface area contributed by atoms with E-state index >= 15 is 0 Å². The van der Waals surface area contributed by atoms with E-state index < -0.39 is 22.5 Å². The Bertz CT molecular complexity index is 924. The average molecular weight is 391 g/mol. The Morgan fingerprint density at radius 1 is 1.11 bits per heavy atom. The minimum Gasteiger partial charge on any atom is -0.271 e. The first-order chi connectivity index (χ1) is 12.7. The van der Waals surface area contributed by atoms with Crippen molar-refractivity contribution in [1.29, 1.82) is 0 Å². The fraction of sp³-hybridized carbons (Fsp3) is 0.263. The van der Waals surface area contributed by atoms with Crippen LogP contribution in [0, 0.1) is 5.82 Å². The monoisotopic (exact) mass is 391 g/mol. The van der Waals surface area contributed by atoms with Gasteiger partial charge in [0.05, 0.1) is 17.7 Å². The molecule has 2 aromatic rings. The van der Waals surface area contributed by atoms with Crippen LogP contribution in [0.1, 0.15) is 25.0 Å². The highest BCUT2D eigenvalue weighted by Gasteiger charge is 2.20. The lowest BCUT2D eigenvalue weighted by Gasteiger charge is -2.21. The molecule has 0 fully saturated rings. The maximum absolute atomic E-state index is 13.0. The molecule has 0 aliphatic carbocycles. The Kier molecular flexibility index (Phi) is 6.68. The van der Waals surface area contributed by atoms with Crippen molar-refractivity contribution in [2.75, 3.05) is 17.1 Å². The van der Waals surface area contributed by atoms with Gasteiger partial charge in [0, 0.05) is 0 Å². The van der Waals surface area contributed by atoms with E-state index in [1.807, 2.05) is 19.1 Å². The number of benzene rings is 2. The van der Waals surface area contributed by atoms with Gasteiger partial charge in [-0.15, -0.1) is 0 Å². The van der Waals surface area contributed by atoms with Crippen LogP contribution in [0.4, 0.5) is 10.1 Å². The predicted octanol–water partition coefficient (Wildman–Crippen LogP) is 2.69. The maximum atomic E-state index is 13.0. The zero-order valence-corrected chi connectivity index (χ0v) is 16.3. The third-order valence-corrected chi connectivity index (χ3v) is 5.07. The molecule has 1 amide bonds. The van der Waals surface area contributed by atoms with Crippen LogP contribution in [-0.2, 0) is 21.2 Å². The second-order valence-corrected chi connectivity index (χ2v) is 7.94. The van der Waals surface area contributed by atoms with Gasteiger partial charge in [-0.1, -0.05) is 31.2 Å². The highest BCUT2D eigenvalue weighted by molar-refractivity contribution is 7.92. The lowest BCUT2D eigenvalue weighted by atomic mass is 10.1. The molecule has 0 heterocycles. The summed E-state index contributed by atoms with van der Waals surface area (Å²) in [5.74, 6) is -0.949. The molecule has 0 aromatic heterocycles. The first kappa shape index (κ1) is 20.6. The van der Waals surface area contributed by atoms with Gasteiger partial charge in [-0.3, -0.25) is 9.10 Å². The number of carbonyl (C=O) groups is 1. The molecule has 27 heavy (non-hydrogen) atoms. The van der Waals surface area contributed by atoms with Gasteiger partial charge in [-0.05, 0) is 48.7 Å². The summed E-state index contributed by atoms with van der Waals surface area (Å²) >= 11 is 0. The molecule has 144 valence electrons. The smallest absolute Gasteiger partial charge is 0.260 e. The van der Waals surface area contributed by atoms with Gasteiger partial charge < -0.3 is 0 Å². The zero-order valence-electron chi connectivity index (χ0n) is 15.4. The number of hydrazone groups is 1. The van der Waals surface area contributed by atoms with Gasteiger partial charge in [0.1, 0.15) is 12.4 Å². The molecule has 2 aromatic carbocycles. The Morgan fingerprint density at radius 2 is 1.70 bits per heavy atom. The number of hydrogen-bond acceptors (Lipinski definition) is 4. The zero-order chi connectivity index (χ0) is 20.0. The molecule has 0 spiro atoms. The van der Waals surface area contributed by atoms with Crippen molar-refractivity contribution in [3.8, 4) is 0 Å². The molecule has 2 rings (SSSR count). The number of sulfonamides is 1. The number of carbonyl (C=O) groups excluding carboxylic acids is 1. The summed E-state index contributed by atoms with van der Waals surface area (Å²) < 4.78 is 38.2. The van der Waals surface area contributed by atoms with Crippen LogP contribution < -0.4 is 9.73 Å². The van der Waals surface area contributed by atoms with Gasteiger partial charge in [-0.25, -0.2) is 18.2 Å². The van der Waals surface area contributed by atoms with E-state index in [9.17, 15) is 17.6 Å². The Hall–Kier alpha value is -2.74. The Labute approximate surface area is 158 Å². The average Bonchev–Trinajstić information content (AvgIpc) is 2.64. The van der Waals surface area contributed by atoms with Crippen molar-refractivity contribution in [2.24, 2.45) is 5.10 Å². The minimum atomic E-state index is -3.65. The van der Waals surface area contributed by atoms with Gasteiger partial charge in [0.15, 0.2) is 0 Å². The number of rotatable bonds is 7. The number of anilines is 1. The fourth-order valence-corrected chi connectivity index (χ4v) is 3.22. The van der Waals surface area contributed by atoms with E-state index in [1.54, 1.807) is 31.2 Å². The second-order valence-electron chi connectivity index (χ2n) is 6.03. The van der Waals surface area contributed by atoms with Crippen LogP contribution in [0.2, 0.25) is 0 Å². The number of nitrogens with one attached hydrogen (secondary N) is 1. The van der Waals surface area contributed by atoms with Crippen LogP contribution in [0.25, 0.3) is 0 Å². The normalized spacial score (nSPS) is 11.9. The molecule has 8 heteroatoms. The van der Waals surface area contributed by atoms with Crippen molar-refractivity contribution in [2.45, 2.75) is 20.3 Å². The summed E-state index contributed by atoms with van der Waals surface area (Å²) in [5, 5.41) is 3.95. The molecule has 0 atom stereocenters. The largest absolute Gasteiger partial charge is 0.271 e. The molecule has 6 nitrogen and oxygen atoms in total. The quantitative estimate of drug-likeness (QED) is 0.582. The number of amides is 1. The molecule has 0 unspecified atom stereocenters. The number of halogens is 1. The predicted molar refractivity (Wildman–Crippen MR) is 105 cm³/mol. The molecular weight excluding hydrogens is 369 g/mol. The van der Waals surface area contributed by atoms with E-state index in [0.29, 0.717) is 17.0 Å². The van der Waals surface area contributed by atoms with Gasteiger partial charge >= 0.3 is 0 Å². The first-order valence-corrected chi connectivity index (χ1v) is 10.2. The number of nitrogens with zero attached hydrogens (tertiary/aromatic N) is 2.